The molecule has 2 atom stereocenters. The van der Waals surface area contributed by atoms with Gasteiger partial charge < -0.3 is 0 Å². The molecule has 1 radical (unpaired) electrons. The molecule has 2 unspecified atom stereocenters. The zero-order valence-electron chi connectivity index (χ0n) is 10.9. The molecule has 0 N–H and O–H groups in total. The van der Waals surface area contributed by atoms with Gasteiger partial charge in [0.25, 0.3) is 0 Å². The fourth-order valence-electron chi connectivity index (χ4n) is 3.22. The van der Waals surface area contributed by atoms with Gasteiger partial charge in [-0.3, -0.25) is 0 Å². The zero-order chi connectivity index (χ0) is 12.8. The van der Waals surface area contributed by atoms with E-state index in [-0.39, 0.29) is 0 Å². The van der Waals surface area contributed by atoms with Crippen LogP contribution in [0.3, 0.4) is 0 Å². The van der Waals surface area contributed by atoms with E-state index in [0.717, 1.165) is 6.42 Å². The first-order valence-corrected chi connectivity index (χ1v) is 7.73. The third-order valence-corrected chi connectivity index (χ3v) is 4.82. The largest absolute Gasteiger partial charge is 0.152 e. The average Bonchev–Trinajstić information content (AvgIpc) is 2.80. The predicted octanol–water partition coefficient (Wildman–Crippen LogP) is 4.75. The number of allylic oxidation sites excluding steroid dienone is 4. The van der Waals surface area contributed by atoms with Gasteiger partial charge in [0.05, 0.1) is 0 Å². The van der Waals surface area contributed by atoms with E-state index in [1.165, 1.54) is 16.7 Å². The number of benzene rings is 1. The van der Waals surface area contributed by atoms with Crippen molar-refractivity contribution in [3.05, 3.63) is 75.5 Å². The predicted molar refractivity (Wildman–Crippen MR) is 80.8 cm³/mol. The van der Waals surface area contributed by atoms with Crippen molar-refractivity contribution in [2.75, 3.05) is 0 Å². The first-order valence-electron chi connectivity index (χ1n) is 6.79. The summed E-state index contributed by atoms with van der Waals surface area (Å²) in [7, 11) is 0. The quantitative estimate of drug-likeness (QED) is 0.749. The fourth-order valence-corrected chi connectivity index (χ4v) is 3.87. The summed E-state index contributed by atoms with van der Waals surface area (Å²) in [5.41, 5.74) is 7.39. The van der Waals surface area contributed by atoms with E-state index in [1.54, 1.807) is 22.5 Å². The lowest BCUT2D eigenvalue weighted by Crippen LogP contribution is -2.00. The van der Waals surface area contributed by atoms with Gasteiger partial charge in [-0.2, -0.15) is 11.3 Å². The normalized spacial score (nSPS) is 24.4. The molecule has 0 nitrogen and oxygen atoms in total. The Morgan fingerprint density at radius 2 is 2.00 bits per heavy atom. The third kappa shape index (κ3) is 1.81. The van der Waals surface area contributed by atoms with Crippen molar-refractivity contribution in [2.24, 2.45) is 11.8 Å². The van der Waals surface area contributed by atoms with E-state index in [4.69, 9.17) is 0 Å². The third-order valence-electron chi connectivity index (χ3n) is 4.14. The minimum atomic E-state index is 0.513. The summed E-state index contributed by atoms with van der Waals surface area (Å²) in [6, 6.07) is 13.0. The standard InChI is InChI=1S/C18H15S/c1-12-9-15(14-7-8-19-11-14)18-16(17(12)18)10-13-5-3-2-4-6-13/h2-8,11-12,16H,10H2,1H3. The molecule has 1 heteroatoms. The minimum Gasteiger partial charge on any atom is -0.152 e. The van der Waals surface area contributed by atoms with Gasteiger partial charge in [-0.25, -0.2) is 0 Å². The van der Waals surface area contributed by atoms with Gasteiger partial charge in [0.2, 0.25) is 0 Å². The molecule has 1 aromatic carbocycles. The fraction of sp³-hybridized carbons (Fsp3) is 0.222. The second kappa shape index (κ2) is 4.21. The summed E-state index contributed by atoms with van der Waals surface area (Å²) < 4.78 is 0. The smallest absolute Gasteiger partial charge is 0.0107 e. The molecular formula is C18H15S. The highest BCUT2D eigenvalue weighted by Crippen LogP contribution is 2.57. The summed E-state index contributed by atoms with van der Waals surface area (Å²) in [4.78, 5) is 0. The van der Waals surface area contributed by atoms with Crippen LogP contribution in [-0.2, 0) is 6.42 Å². The second-order valence-electron chi connectivity index (χ2n) is 5.36. The van der Waals surface area contributed by atoms with Crippen LogP contribution in [0.2, 0.25) is 0 Å². The van der Waals surface area contributed by atoms with Gasteiger partial charge >= 0.3 is 0 Å². The van der Waals surface area contributed by atoms with E-state index in [2.05, 4.69) is 60.2 Å². The van der Waals surface area contributed by atoms with Gasteiger partial charge in [0.1, 0.15) is 0 Å². The molecule has 0 fully saturated rings. The summed E-state index contributed by atoms with van der Waals surface area (Å²) in [6.07, 6.45) is 4.78. The van der Waals surface area contributed by atoms with E-state index in [0.29, 0.717) is 11.8 Å². The van der Waals surface area contributed by atoms with Crippen LogP contribution in [0, 0.1) is 17.9 Å². The molecule has 0 amide bonds. The van der Waals surface area contributed by atoms with Gasteiger partial charge in [0.15, 0.2) is 0 Å². The van der Waals surface area contributed by atoms with Gasteiger partial charge in [-0.05, 0) is 51.6 Å². The van der Waals surface area contributed by atoms with Crippen molar-refractivity contribution in [3.63, 3.8) is 0 Å². The molecular weight excluding hydrogens is 248 g/mol. The lowest BCUT2D eigenvalue weighted by molar-refractivity contribution is 0.747. The molecule has 19 heavy (non-hydrogen) atoms. The van der Waals surface area contributed by atoms with E-state index >= 15 is 0 Å². The number of hydrogen-bond donors (Lipinski definition) is 0. The summed E-state index contributed by atoms with van der Waals surface area (Å²) in [5.74, 6) is 1.19. The van der Waals surface area contributed by atoms with Crippen LogP contribution in [-0.4, -0.2) is 0 Å². The van der Waals surface area contributed by atoms with Crippen LogP contribution in [0.5, 0.6) is 0 Å². The van der Waals surface area contributed by atoms with Crippen LogP contribution in [0.15, 0.2) is 58.3 Å². The molecule has 1 aromatic heterocycles. The van der Waals surface area contributed by atoms with Crippen LogP contribution in [0.1, 0.15) is 18.1 Å². The molecule has 0 saturated heterocycles. The highest BCUT2D eigenvalue weighted by atomic mass is 32.1. The van der Waals surface area contributed by atoms with E-state index in [9.17, 15) is 0 Å². The Kier molecular flexibility index (Phi) is 2.49. The molecule has 0 spiro atoms. The van der Waals surface area contributed by atoms with Crippen molar-refractivity contribution < 1.29 is 0 Å². The maximum Gasteiger partial charge on any atom is 0.0107 e. The van der Waals surface area contributed by atoms with Gasteiger partial charge in [-0.1, -0.05) is 42.8 Å². The lowest BCUT2D eigenvalue weighted by atomic mass is 9.93. The Balaban J connectivity index is 1.57. The Bertz CT molecular complexity index is 659. The van der Waals surface area contributed by atoms with Crippen molar-refractivity contribution in [3.8, 4) is 0 Å². The molecule has 0 bridgehead atoms. The van der Waals surface area contributed by atoms with E-state index < -0.39 is 0 Å². The van der Waals surface area contributed by atoms with Gasteiger partial charge in [-0.15, -0.1) is 0 Å². The Morgan fingerprint density at radius 1 is 1.16 bits per heavy atom. The highest BCUT2D eigenvalue weighted by Gasteiger charge is 2.45. The molecule has 4 rings (SSSR count). The molecule has 0 aliphatic heterocycles. The lowest BCUT2D eigenvalue weighted by Gasteiger charge is -2.10. The Morgan fingerprint density at radius 3 is 2.74 bits per heavy atom. The Hall–Kier alpha value is -1.60. The van der Waals surface area contributed by atoms with Crippen molar-refractivity contribution >= 4 is 16.9 Å². The number of thiophene rings is 1. The maximum absolute atomic E-state index is 3.62. The topological polar surface area (TPSA) is 0 Å². The molecule has 2 aliphatic carbocycles. The van der Waals surface area contributed by atoms with Gasteiger partial charge in [0, 0.05) is 11.8 Å². The van der Waals surface area contributed by atoms with Crippen molar-refractivity contribution in [2.45, 2.75) is 13.3 Å². The molecule has 1 heterocycles. The molecule has 93 valence electrons. The minimum absolute atomic E-state index is 0.513. The highest BCUT2D eigenvalue weighted by molar-refractivity contribution is 7.08. The van der Waals surface area contributed by atoms with Crippen LogP contribution >= 0.6 is 11.3 Å². The summed E-state index contributed by atoms with van der Waals surface area (Å²) in [5, 5.41) is 4.39. The zero-order valence-corrected chi connectivity index (χ0v) is 11.7. The van der Waals surface area contributed by atoms with Crippen LogP contribution < -0.4 is 0 Å². The maximum atomic E-state index is 3.62. The number of rotatable bonds is 3. The average molecular weight is 263 g/mol. The van der Waals surface area contributed by atoms with Crippen LogP contribution in [0.4, 0.5) is 0 Å². The Labute approximate surface area is 118 Å². The molecule has 2 aromatic rings. The summed E-state index contributed by atoms with van der Waals surface area (Å²) in [6.45, 7) is 2.28. The monoisotopic (exact) mass is 263 g/mol. The number of hydrogen-bond acceptors (Lipinski definition) is 1. The second-order valence-corrected chi connectivity index (χ2v) is 6.14. The van der Waals surface area contributed by atoms with Crippen molar-refractivity contribution in [1.82, 2.24) is 0 Å². The SMILES string of the molecule is CC1[C]=C(c2ccsc2)C2=C1C2Cc1ccccc1. The first kappa shape index (κ1) is 11.2. The van der Waals surface area contributed by atoms with Crippen LogP contribution in [0.25, 0.3) is 5.57 Å². The first-order chi connectivity index (χ1) is 9.34. The molecule has 2 aliphatic rings. The van der Waals surface area contributed by atoms with Crippen molar-refractivity contribution in [1.29, 1.82) is 0 Å². The summed E-state index contributed by atoms with van der Waals surface area (Å²) >= 11 is 1.77. The van der Waals surface area contributed by atoms with E-state index in [1.807, 2.05) is 0 Å². The molecule has 0 saturated carbocycles.